The highest BCUT2D eigenvalue weighted by atomic mass is 35.5. The van der Waals surface area contributed by atoms with Gasteiger partial charge in [-0.1, -0.05) is 55.8 Å². The van der Waals surface area contributed by atoms with E-state index >= 15 is 0 Å². The van der Waals surface area contributed by atoms with Gasteiger partial charge in [-0.3, -0.25) is 4.90 Å². The van der Waals surface area contributed by atoms with Crippen molar-refractivity contribution in [3.05, 3.63) is 65.7 Å². The standard InChI is InChI=1S/C23H31NO3.ClH/c1-2-3-15-27-21-11-9-20(10-12-21)23(25)22(19-7-5-4-6-8-19)18-24-13-16-26-17-14-24;/h4-12,22-23,25H,2-3,13-18H2,1H3;1H/p-1. The highest BCUT2D eigenvalue weighted by Gasteiger charge is 2.26. The van der Waals surface area contributed by atoms with Crippen LogP contribution in [0.4, 0.5) is 0 Å². The molecule has 0 spiro atoms. The number of hydrogen-bond donors (Lipinski definition) is 1. The minimum atomic E-state index is -0.556. The van der Waals surface area contributed by atoms with Gasteiger partial charge in [-0.25, -0.2) is 0 Å². The summed E-state index contributed by atoms with van der Waals surface area (Å²) in [6.07, 6.45) is 1.62. The van der Waals surface area contributed by atoms with E-state index in [9.17, 15) is 5.11 Å². The molecule has 28 heavy (non-hydrogen) atoms. The maximum atomic E-state index is 11.2. The van der Waals surface area contributed by atoms with Crippen LogP contribution in [0.25, 0.3) is 0 Å². The third kappa shape index (κ3) is 6.49. The van der Waals surface area contributed by atoms with Crippen LogP contribution >= 0.6 is 0 Å². The zero-order valence-electron chi connectivity index (χ0n) is 16.6. The molecule has 0 aromatic heterocycles. The van der Waals surface area contributed by atoms with Crippen LogP contribution < -0.4 is 17.1 Å². The number of aliphatic hydroxyl groups is 1. The molecule has 0 bridgehead atoms. The van der Waals surface area contributed by atoms with E-state index in [1.807, 2.05) is 42.5 Å². The van der Waals surface area contributed by atoms with Gasteiger partial charge >= 0.3 is 0 Å². The van der Waals surface area contributed by atoms with E-state index in [1.54, 1.807) is 0 Å². The second-order valence-corrected chi connectivity index (χ2v) is 7.15. The zero-order valence-corrected chi connectivity index (χ0v) is 17.4. The molecule has 4 nitrogen and oxygen atoms in total. The van der Waals surface area contributed by atoms with Crippen molar-refractivity contribution in [2.75, 3.05) is 39.5 Å². The predicted octanol–water partition coefficient (Wildman–Crippen LogP) is 1.02. The Kier molecular flexibility index (Phi) is 9.79. The Morgan fingerprint density at radius 3 is 2.32 bits per heavy atom. The number of aliphatic hydroxyl groups excluding tert-OH is 1. The SMILES string of the molecule is CCCCOc1ccc(C(O)C(CN2CCOCC2)c2ccccc2)cc1.[Cl-]. The second-order valence-electron chi connectivity index (χ2n) is 7.15. The van der Waals surface area contributed by atoms with Gasteiger partial charge in [-0.2, -0.15) is 0 Å². The maximum Gasteiger partial charge on any atom is 0.119 e. The molecule has 3 rings (SSSR count). The van der Waals surface area contributed by atoms with Crippen LogP contribution in [-0.4, -0.2) is 49.5 Å². The topological polar surface area (TPSA) is 41.9 Å². The summed E-state index contributed by atoms with van der Waals surface area (Å²) >= 11 is 0. The molecule has 2 atom stereocenters. The number of rotatable bonds is 9. The van der Waals surface area contributed by atoms with Crippen LogP contribution in [0.1, 0.15) is 42.9 Å². The van der Waals surface area contributed by atoms with Gasteiger partial charge in [0.05, 0.1) is 25.9 Å². The monoisotopic (exact) mass is 404 g/mol. The van der Waals surface area contributed by atoms with Gasteiger partial charge < -0.3 is 27.0 Å². The minimum absolute atomic E-state index is 0. The van der Waals surface area contributed by atoms with Crippen molar-refractivity contribution in [1.82, 2.24) is 4.90 Å². The number of morpholine rings is 1. The normalized spacial score (nSPS) is 16.8. The first-order valence-electron chi connectivity index (χ1n) is 10.0. The molecular formula is C23H31ClNO3-. The molecule has 0 radical (unpaired) electrons. The molecule has 1 aliphatic heterocycles. The fourth-order valence-electron chi connectivity index (χ4n) is 3.48. The predicted molar refractivity (Wildman–Crippen MR) is 108 cm³/mol. The Hall–Kier alpha value is -1.59. The van der Waals surface area contributed by atoms with Crippen LogP contribution in [0.15, 0.2) is 54.6 Å². The van der Waals surface area contributed by atoms with Gasteiger partial charge in [0, 0.05) is 25.6 Å². The van der Waals surface area contributed by atoms with E-state index in [2.05, 4.69) is 24.0 Å². The first-order valence-corrected chi connectivity index (χ1v) is 10.0. The first-order chi connectivity index (χ1) is 13.3. The molecule has 2 aromatic rings. The minimum Gasteiger partial charge on any atom is -1.00 e. The number of nitrogens with zero attached hydrogens (tertiary/aromatic N) is 1. The average molecular weight is 405 g/mol. The van der Waals surface area contributed by atoms with E-state index in [0.29, 0.717) is 0 Å². The van der Waals surface area contributed by atoms with Gasteiger partial charge in [-0.05, 0) is 29.7 Å². The van der Waals surface area contributed by atoms with Crippen LogP contribution in [0, 0.1) is 0 Å². The van der Waals surface area contributed by atoms with Crippen molar-refractivity contribution in [3.63, 3.8) is 0 Å². The summed E-state index contributed by atoms with van der Waals surface area (Å²) in [5.74, 6) is 0.889. The molecule has 0 saturated carbocycles. The Labute approximate surface area is 174 Å². The Balaban J connectivity index is 0.00000280. The van der Waals surface area contributed by atoms with Crippen LogP contribution in [0.2, 0.25) is 0 Å². The summed E-state index contributed by atoms with van der Waals surface area (Å²) in [6.45, 7) is 7.08. The lowest BCUT2D eigenvalue weighted by atomic mass is 9.88. The second kappa shape index (κ2) is 12.1. The summed E-state index contributed by atoms with van der Waals surface area (Å²) in [5, 5.41) is 11.2. The van der Waals surface area contributed by atoms with E-state index in [4.69, 9.17) is 9.47 Å². The molecule has 2 aromatic carbocycles. The quantitative estimate of drug-likeness (QED) is 0.634. The van der Waals surface area contributed by atoms with E-state index in [-0.39, 0.29) is 18.3 Å². The molecule has 1 saturated heterocycles. The summed E-state index contributed by atoms with van der Waals surface area (Å²) in [5.41, 5.74) is 2.10. The molecule has 0 amide bonds. The number of unbranched alkanes of at least 4 members (excludes halogenated alkanes) is 1. The molecule has 2 unspecified atom stereocenters. The smallest absolute Gasteiger partial charge is 0.119 e. The number of hydrogen-bond acceptors (Lipinski definition) is 4. The fourth-order valence-corrected chi connectivity index (χ4v) is 3.48. The van der Waals surface area contributed by atoms with E-state index < -0.39 is 6.10 Å². The van der Waals surface area contributed by atoms with Gasteiger partial charge in [0.1, 0.15) is 5.75 Å². The van der Waals surface area contributed by atoms with Crippen LogP contribution in [-0.2, 0) is 4.74 Å². The lowest BCUT2D eigenvalue weighted by molar-refractivity contribution is -0.00000857. The van der Waals surface area contributed by atoms with E-state index in [0.717, 1.165) is 63.6 Å². The third-order valence-electron chi connectivity index (χ3n) is 5.16. The molecular weight excluding hydrogens is 374 g/mol. The summed E-state index contributed by atoms with van der Waals surface area (Å²) in [7, 11) is 0. The zero-order chi connectivity index (χ0) is 18.9. The highest BCUT2D eigenvalue weighted by molar-refractivity contribution is 5.32. The van der Waals surface area contributed by atoms with Gasteiger partial charge in [-0.15, -0.1) is 0 Å². The van der Waals surface area contributed by atoms with Crippen molar-refractivity contribution < 1.29 is 27.0 Å². The molecule has 0 aliphatic carbocycles. The number of ether oxygens (including phenoxy) is 2. The Bertz CT molecular complexity index is 659. The Morgan fingerprint density at radius 1 is 1.00 bits per heavy atom. The summed E-state index contributed by atoms with van der Waals surface area (Å²) in [6, 6.07) is 18.2. The van der Waals surface area contributed by atoms with Crippen molar-refractivity contribution in [2.24, 2.45) is 0 Å². The lowest BCUT2D eigenvalue weighted by Crippen LogP contribution is -3.00. The van der Waals surface area contributed by atoms with Crippen molar-refractivity contribution in [2.45, 2.75) is 31.8 Å². The molecule has 154 valence electrons. The third-order valence-corrected chi connectivity index (χ3v) is 5.16. The molecule has 1 fully saturated rings. The lowest BCUT2D eigenvalue weighted by Gasteiger charge is -2.33. The van der Waals surface area contributed by atoms with Crippen molar-refractivity contribution in [1.29, 1.82) is 0 Å². The van der Waals surface area contributed by atoms with E-state index in [1.165, 1.54) is 5.56 Å². The fraction of sp³-hybridized carbons (Fsp3) is 0.478. The molecule has 5 heteroatoms. The van der Waals surface area contributed by atoms with Crippen LogP contribution in [0.3, 0.4) is 0 Å². The van der Waals surface area contributed by atoms with Crippen molar-refractivity contribution in [3.8, 4) is 5.75 Å². The summed E-state index contributed by atoms with van der Waals surface area (Å²) < 4.78 is 11.2. The molecule has 1 heterocycles. The summed E-state index contributed by atoms with van der Waals surface area (Å²) in [4.78, 5) is 2.38. The van der Waals surface area contributed by atoms with Gasteiger partial charge in [0.15, 0.2) is 0 Å². The van der Waals surface area contributed by atoms with Gasteiger partial charge in [0.2, 0.25) is 0 Å². The first kappa shape index (κ1) is 22.7. The van der Waals surface area contributed by atoms with Crippen LogP contribution in [0.5, 0.6) is 5.75 Å². The maximum absolute atomic E-state index is 11.2. The van der Waals surface area contributed by atoms with Gasteiger partial charge in [0.25, 0.3) is 0 Å². The molecule has 1 aliphatic rings. The number of benzene rings is 2. The number of halogens is 1. The average Bonchev–Trinajstić information content (AvgIpc) is 2.74. The largest absolute Gasteiger partial charge is 1.00 e. The van der Waals surface area contributed by atoms with Crippen molar-refractivity contribution >= 4 is 0 Å². The Morgan fingerprint density at radius 2 is 1.68 bits per heavy atom. The molecule has 1 N–H and O–H groups in total. The highest BCUT2D eigenvalue weighted by Crippen LogP contribution is 2.32.